The van der Waals surface area contributed by atoms with Crippen molar-refractivity contribution in [2.75, 3.05) is 33.5 Å². The number of likely N-dealkylation sites (N-methyl/N-ethyl adjacent to an activating group) is 1. The average Bonchev–Trinajstić information content (AvgIpc) is 2.64. The molecule has 1 aromatic rings. The van der Waals surface area contributed by atoms with Crippen molar-refractivity contribution in [1.82, 2.24) is 5.32 Å². The van der Waals surface area contributed by atoms with Crippen LogP contribution in [-0.4, -0.2) is 39.0 Å². The molecule has 2 fully saturated rings. The first kappa shape index (κ1) is 21.6. The predicted octanol–water partition coefficient (Wildman–Crippen LogP) is 5.32. The summed E-state index contributed by atoms with van der Waals surface area (Å²) in [6.45, 7) is 5.65. The molecule has 1 N–H and O–H groups in total. The number of hydrogen-bond donors (Lipinski definition) is 1. The molecule has 0 aromatic heterocycles. The highest BCUT2D eigenvalue weighted by atomic mass is 35.5. The molecule has 1 saturated heterocycles. The van der Waals surface area contributed by atoms with E-state index in [2.05, 4.69) is 12.2 Å². The molecule has 1 aliphatic heterocycles. The summed E-state index contributed by atoms with van der Waals surface area (Å²) in [6, 6.07) is 4.77. The van der Waals surface area contributed by atoms with Crippen LogP contribution < -0.4 is 5.32 Å². The Hall–Kier alpha value is -0.680. The number of halogens is 2. The second kappa shape index (κ2) is 11.2. The fourth-order valence-corrected chi connectivity index (χ4v) is 4.35. The monoisotopic (exact) mass is 385 g/mol. The standard InChI is InChI=1S/C12H14ClF.C9H19NO2/c13-12-8-10(14)6-7-11(12)9-4-2-1-3-5-9;1-3-10-9(8-11-2)4-6-12-7-5-9/h6-9H,1-5H2;10H,3-8H2,1-2H3. The van der Waals surface area contributed by atoms with Crippen molar-refractivity contribution in [2.45, 2.75) is 63.3 Å². The Labute approximate surface area is 162 Å². The third kappa shape index (κ3) is 6.49. The van der Waals surface area contributed by atoms with Crippen molar-refractivity contribution in [1.29, 1.82) is 0 Å². The van der Waals surface area contributed by atoms with Gasteiger partial charge in [-0.2, -0.15) is 0 Å². The van der Waals surface area contributed by atoms with Gasteiger partial charge >= 0.3 is 0 Å². The molecule has 0 amide bonds. The summed E-state index contributed by atoms with van der Waals surface area (Å²) >= 11 is 6.02. The Morgan fingerprint density at radius 2 is 1.92 bits per heavy atom. The van der Waals surface area contributed by atoms with E-state index in [1.54, 1.807) is 7.11 Å². The lowest BCUT2D eigenvalue weighted by Gasteiger charge is -2.37. The van der Waals surface area contributed by atoms with E-state index < -0.39 is 0 Å². The van der Waals surface area contributed by atoms with Crippen LogP contribution >= 0.6 is 11.6 Å². The smallest absolute Gasteiger partial charge is 0.124 e. The summed E-state index contributed by atoms with van der Waals surface area (Å²) in [5, 5.41) is 4.09. The molecule has 1 saturated carbocycles. The SMILES string of the molecule is CCNC1(COC)CCOCC1.Fc1ccc(C2CCCCC2)c(Cl)c1. The number of hydrogen-bond acceptors (Lipinski definition) is 3. The zero-order valence-electron chi connectivity index (χ0n) is 16.2. The van der Waals surface area contributed by atoms with Crippen molar-refractivity contribution in [3.05, 3.63) is 34.6 Å². The second-order valence-electron chi connectivity index (χ2n) is 7.36. The molecule has 0 atom stereocenters. The molecular formula is C21H33ClFNO2. The first-order valence-corrected chi connectivity index (χ1v) is 10.2. The fourth-order valence-electron chi connectivity index (χ4n) is 4.03. The Bertz CT molecular complexity index is 513. The molecular weight excluding hydrogens is 353 g/mol. The van der Waals surface area contributed by atoms with Crippen LogP contribution in [0.5, 0.6) is 0 Å². The highest BCUT2D eigenvalue weighted by Crippen LogP contribution is 2.36. The molecule has 0 unspecified atom stereocenters. The summed E-state index contributed by atoms with van der Waals surface area (Å²) < 4.78 is 23.4. The van der Waals surface area contributed by atoms with Crippen LogP contribution in [0.1, 0.15) is 63.4 Å². The summed E-state index contributed by atoms with van der Waals surface area (Å²) in [6.07, 6.45) is 8.41. The predicted molar refractivity (Wildman–Crippen MR) is 106 cm³/mol. The maximum absolute atomic E-state index is 12.8. The minimum atomic E-state index is -0.241. The summed E-state index contributed by atoms with van der Waals surface area (Å²) in [4.78, 5) is 0. The van der Waals surface area contributed by atoms with Gasteiger partial charge in [0.25, 0.3) is 0 Å². The summed E-state index contributed by atoms with van der Waals surface area (Å²) in [5.74, 6) is 0.311. The topological polar surface area (TPSA) is 30.5 Å². The van der Waals surface area contributed by atoms with Gasteiger partial charge in [-0.1, -0.05) is 43.9 Å². The molecule has 1 heterocycles. The lowest BCUT2D eigenvalue weighted by atomic mass is 9.84. The number of ether oxygens (including phenoxy) is 2. The number of rotatable bonds is 5. The Balaban J connectivity index is 0.000000190. The minimum Gasteiger partial charge on any atom is -0.383 e. The number of benzene rings is 1. The van der Waals surface area contributed by atoms with Crippen LogP contribution in [0.4, 0.5) is 4.39 Å². The van der Waals surface area contributed by atoms with Crippen LogP contribution in [0.25, 0.3) is 0 Å². The highest BCUT2D eigenvalue weighted by Gasteiger charge is 2.31. The first-order valence-electron chi connectivity index (χ1n) is 9.87. The van der Waals surface area contributed by atoms with E-state index in [9.17, 15) is 4.39 Å². The molecule has 0 radical (unpaired) electrons. The number of methoxy groups -OCH3 is 1. The third-order valence-corrected chi connectivity index (χ3v) is 5.76. The van der Waals surface area contributed by atoms with E-state index in [1.165, 1.54) is 44.2 Å². The van der Waals surface area contributed by atoms with E-state index in [-0.39, 0.29) is 11.4 Å². The van der Waals surface area contributed by atoms with E-state index >= 15 is 0 Å². The van der Waals surface area contributed by atoms with Crippen molar-refractivity contribution < 1.29 is 13.9 Å². The summed E-state index contributed by atoms with van der Waals surface area (Å²) in [5.41, 5.74) is 1.31. The molecule has 5 heteroatoms. The average molecular weight is 386 g/mol. The molecule has 148 valence electrons. The minimum absolute atomic E-state index is 0.182. The van der Waals surface area contributed by atoms with Crippen LogP contribution in [0.15, 0.2) is 18.2 Å². The molecule has 1 aliphatic carbocycles. The third-order valence-electron chi connectivity index (χ3n) is 5.43. The fraction of sp³-hybridized carbons (Fsp3) is 0.714. The van der Waals surface area contributed by atoms with Gasteiger partial charge in [0.2, 0.25) is 0 Å². The van der Waals surface area contributed by atoms with Crippen LogP contribution in [-0.2, 0) is 9.47 Å². The lowest BCUT2D eigenvalue weighted by Crippen LogP contribution is -2.52. The second-order valence-corrected chi connectivity index (χ2v) is 7.76. The van der Waals surface area contributed by atoms with E-state index in [0.717, 1.165) is 44.8 Å². The molecule has 26 heavy (non-hydrogen) atoms. The van der Waals surface area contributed by atoms with Gasteiger partial charge < -0.3 is 14.8 Å². The summed E-state index contributed by atoms with van der Waals surface area (Å²) in [7, 11) is 1.76. The Morgan fingerprint density at radius 1 is 1.23 bits per heavy atom. The first-order chi connectivity index (χ1) is 12.6. The Morgan fingerprint density at radius 3 is 2.50 bits per heavy atom. The van der Waals surface area contributed by atoms with Crippen molar-refractivity contribution in [2.24, 2.45) is 0 Å². The maximum Gasteiger partial charge on any atom is 0.124 e. The van der Waals surface area contributed by atoms with Gasteiger partial charge in [0.1, 0.15) is 5.82 Å². The molecule has 0 spiro atoms. The molecule has 2 aliphatic rings. The van der Waals surface area contributed by atoms with Gasteiger partial charge in [0, 0.05) is 30.9 Å². The van der Waals surface area contributed by atoms with Crippen LogP contribution in [0.2, 0.25) is 5.02 Å². The molecule has 3 rings (SSSR count). The number of nitrogens with one attached hydrogen (secondary N) is 1. The van der Waals surface area contributed by atoms with Gasteiger partial charge in [-0.15, -0.1) is 0 Å². The van der Waals surface area contributed by atoms with Crippen LogP contribution in [0.3, 0.4) is 0 Å². The van der Waals surface area contributed by atoms with Crippen molar-refractivity contribution in [3.8, 4) is 0 Å². The van der Waals surface area contributed by atoms with E-state index in [4.69, 9.17) is 21.1 Å². The van der Waals surface area contributed by atoms with Crippen molar-refractivity contribution in [3.63, 3.8) is 0 Å². The van der Waals surface area contributed by atoms with E-state index in [1.807, 2.05) is 6.07 Å². The lowest BCUT2D eigenvalue weighted by molar-refractivity contribution is 0.00147. The zero-order chi connectivity index (χ0) is 18.8. The quantitative estimate of drug-likeness (QED) is 0.744. The largest absolute Gasteiger partial charge is 0.383 e. The van der Waals surface area contributed by atoms with E-state index in [0.29, 0.717) is 10.9 Å². The molecule has 0 bridgehead atoms. The van der Waals surface area contributed by atoms with Crippen LogP contribution in [0, 0.1) is 5.82 Å². The van der Waals surface area contributed by atoms with Gasteiger partial charge in [0.15, 0.2) is 0 Å². The normalized spacial score (nSPS) is 20.3. The molecule has 1 aromatic carbocycles. The zero-order valence-corrected chi connectivity index (χ0v) is 16.9. The van der Waals surface area contributed by atoms with Crippen molar-refractivity contribution >= 4 is 11.6 Å². The molecule has 3 nitrogen and oxygen atoms in total. The van der Waals surface area contributed by atoms with Gasteiger partial charge in [-0.05, 0) is 55.8 Å². The maximum atomic E-state index is 12.8. The van der Waals surface area contributed by atoms with Gasteiger partial charge in [0.05, 0.1) is 6.61 Å². The van der Waals surface area contributed by atoms with Gasteiger partial charge in [-0.25, -0.2) is 4.39 Å². The Kier molecular flexibility index (Phi) is 9.34. The van der Waals surface area contributed by atoms with Gasteiger partial charge in [-0.3, -0.25) is 0 Å². The highest BCUT2D eigenvalue weighted by molar-refractivity contribution is 6.31.